The Morgan fingerprint density at radius 1 is 1.31 bits per heavy atom. The minimum Gasteiger partial charge on any atom is -0.481 e. The van der Waals surface area contributed by atoms with E-state index in [4.69, 9.17) is 9.90 Å². The Labute approximate surface area is 80.5 Å². The molecule has 0 fully saturated rings. The number of unbranched alkanes of at least 4 members (excludes halogenated alkanes) is 1. The molecule has 3 nitrogen and oxygen atoms in total. The van der Waals surface area contributed by atoms with E-state index in [2.05, 4.69) is 13.8 Å². The summed E-state index contributed by atoms with van der Waals surface area (Å²) < 4.78 is 0. The van der Waals surface area contributed by atoms with Crippen LogP contribution in [-0.4, -0.2) is 17.4 Å². The summed E-state index contributed by atoms with van der Waals surface area (Å²) in [7, 11) is 0. The number of carbonyl (C=O) groups is 2. The molecule has 0 saturated heterocycles. The molecule has 0 unspecified atom stereocenters. The van der Waals surface area contributed by atoms with Gasteiger partial charge in [0.1, 0.15) is 6.29 Å². The summed E-state index contributed by atoms with van der Waals surface area (Å²) in [5.41, 5.74) is 0. The summed E-state index contributed by atoms with van der Waals surface area (Å²) in [6, 6.07) is 0. The topological polar surface area (TPSA) is 54.4 Å². The van der Waals surface area contributed by atoms with Gasteiger partial charge in [0.25, 0.3) is 5.97 Å². The van der Waals surface area contributed by atoms with E-state index < -0.39 is 5.97 Å². The Balaban J connectivity index is -0.000000117. The highest BCUT2D eigenvalue weighted by atomic mass is 16.4. The summed E-state index contributed by atoms with van der Waals surface area (Å²) in [5, 5.41) is 7.42. The Morgan fingerprint density at radius 3 is 1.62 bits per heavy atom. The maximum atomic E-state index is 9.32. The van der Waals surface area contributed by atoms with Crippen LogP contribution < -0.4 is 0 Å². The molecule has 0 rings (SSSR count). The van der Waals surface area contributed by atoms with E-state index in [-0.39, 0.29) is 0 Å². The molecular formula is C10H20O3. The first-order valence-electron chi connectivity index (χ1n) is 4.32. The predicted octanol–water partition coefficient (Wildman–Crippen LogP) is 2.66. The fourth-order valence-corrected chi connectivity index (χ4v) is 0.0786. The van der Waals surface area contributed by atoms with Gasteiger partial charge in [-0.3, -0.25) is 9.59 Å². The van der Waals surface area contributed by atoms with Crippen LogP contribution >= 0.6 is 0 Å². The van der Waals surface area contributed by atoms with E-state index in [0.717, 1.165) is 13.2 Å². The summed E-state index contributed by atoms with van der Waals surface area (Å²) >= 11 is 0. The number of aldehydes is 1. The van der Waals surface area contributed by atoms with Gasteiger partial charge < -0.3 is 5.11 Å². The summed E-state index contributed by atoms with van der Waals surface area (Å²) in [6.45, 7) is 7.24. The Bertz CT molecular complexity index is 122. The summed E-state index contributed by atoms with van der Waals surface area (Å²) in [5.74, 6) is -0.833. The number of carbonyl (C=O) groups excluding carboxylic acids is 1. The van der Waals surface area contributed by atoms with Crippen molar-refractivity contribution in [2.24, 2.45) is 0 Å². The first-order valence-corrected chi connectivity index (χ1v) is 4.32. The number of aliphatic carboxylic acids is 1. The normalized spacial score (nSPS) is 7.69. The predicted molar refractivity (Wildman–Crippen MR) is 54.8 cm³/mol. The third kappa shape index (κ3) is 243. The molecule has 0 aromatic heterocycles. The molecule has 0 atom stereocenters. The van der Waals surface area contributed by atoms with Crippen molar-refractivity contribution >= 4 is 12.3 Å². The second-order valence-corrected chi connectivity index (χ2v) is 2.18. The highest BCUT2D eigenvalue weighted by molar-refractivity contribution is 5.64. The van der Waals surface area contributed by atoms with Gasteiger partial charge in [0.15, 0.2) is 0 Å². The van der Waals surface area contributed by atoms with Crippen LogP contribution in [0, 0.1) is 0 Å². The maximum absolute atomic E-state index is 9.32. The molecule has 0 aromatic rings. The van der Waals surface area contributed by atoms with Crippen molar-refractivity contribution in [3.8, 4) is 0 Å². The zero-order chi connectivity index (χ0) is 11.1. The molecule has 0 bridgehead atoms. The highest BCUT2D eigenvalue weighted by Crippen LogP contribution is 1.76. The lowest BCUT2D eigenvalue weighted by Gasteiger charge is -1.68. The molecule has 3 heteroatoms. The highest BCUT2D eigenvalue weighted by Gasteiger charge is 1.65. The van der Waals surface area contributed by atoms with Gasteiger partial charge in [0.05, 0.1) is 0 Å². The van der Waals surface area contributed by atoms with Crippen molar-refractivity contribution in [1.29, 1.82) is 0 Å². The molecule has 78 valence electrons. The number of carboxylic acid groups (broad SMARTS) is 1. The number of hydrogen-bond acceptors (Lipinski definition) is 2. The molecule has 0 aliphatic carbocycles. The largest absolute Gasteiger partial charge is 0.481 e. The molecule has 0 saturated carbocycles. The van der Waals surface area contributed by atoms with Gasteiger partial charge in [-0.2, -0.15) is 0 Å². The smallest absolute Gasteiger partial charge is 0.300 e. The molecule has 13 heavy (non-hydrogen) atoms. The van der Waals surface area contributed by atoms with E-state index in [1.54, 1.807) is 13.0 Å². The number of carboxylic acids is 1. The molecule has 0 radical (unpaired) electrons. The zero-order valence-electron chi connectivity index (χ0n) is 8.91. The minimum absolute atomic E-state index is 0.750. The van der Waals surface area contributed by atoms with Crippen molar-refractivity contribution in [2.75, 3.05) is 0 Å². The molecule has 0 spiro atoms. The van der Waals surface area contributed by atoms with Gasteiger partial charge in [-0.05, 0) is 13.0 Å². The summed E-state index contributed by atoms with van der Waals surface area (Å²) in [4.78, 5) is 18.3. The first-order chi connectivity index (χ1) is 6.06. The van der Waals surface area contributed by atoms with Crippen LogP contribution in [0.3, 0.4) is 0 Å². The molecule has 0 heterocycles. The fourth-order valence-electron chi connectivity index (χ4n) is 0.0786. The SMILES string of the molecule is C/C=C/C=O.CC(=O)O.CCCC. The Morgan fingerprint density at radius 2 is 1.62 bits per heavy atom. The van der Waals surface area contributed by atoms with Gasteiger partial charge in [0, 0.05) is 6.92 Å². The molecule has 0 aliphatic rings. The quantitative estimate of drug-likeness (QED) is 0.535. The van der Waals surface area contributed by atoms with Crippen molar-refractivity contribution in [2.45, 2.75) is 40.5 Å². The molecule has 1 N–H and O–H groups in total. The minimum atomic E-state index is -0.833. The molecule has 0 amide bonds. The first kappa shape index (κ1) is 17.8. The van der Waals surface area contributed by atoms with E-state index in [0.29, 0.717) is 0 Å². The van der Waals surface area contributed by atoms with Crippen LogP contribution in [0.15, 0.2) is 12.2 Å². The lowest BCUT2D eigenvalue weighted by molar-refractivity contribution is -0.134. The Kier molecular flexibility index (Phi) is 30.8. The van der Waals surface area contributed by atoms with E-state index >= 15 is 0 Å². The lowest BCUT2D eigenvalue weighted by atomic mass is 10.4. The van der Waals surface area contributed by atoms with Crippen molar-refractivity contribution < 1.29 is 14.7 Å². The zero-order valence-corrected chi connectivity index (χ0v) is 8.91. The van der Waals surface area contributed by atoms with Gasteiger partial charge in [-0.15, -0.1) is 0 Å². The van der Waals surface area contributed by atoms with Crippen LogP contribution in [0.4, 0.5) is 0 Å². The monoisotopic (exact) mass is 188 g/mol. The molecule has 0 aromatic carbocycles. The Hall–Kier alpha value is -1.12. The third-order valence-corrected chi connectivity index (χ3v) is 0.771. The third-order valence-electron chi connectivity index (χ3n) is 0.771. The number of hydrogen-bond donors (Lipinski definition) is 1. The average Bonchev–Trinajstić information content (AvgIpc) is 2.05. The molecular weight excluding hydrogens is 168 g/mol. The van der Waals surface area contributed by atoms with E-state index in [1.807, 2.05) is 0 Å². The van der Waals surface area contributed by atoms with E-state index in [1.165, 1.54) is 18.9 Å². The summed E-state index contributed by atoms with van der Waals surface area (Å²) in [6.07, 6.45) is 6.52. The lowest BCUT2D eigenvalue weighted by Crippen LogP contribution is -1.78. The number of rotatable bonds is 2. The van der Waals surface area contributed by atoms with Gasteiger partial charge in [0.2, 0.25) is 0 Å². The van der Waals surface area contributed by atoms with E-state index in [9.17, 15) is 4.79 Å². The number of allylic oxidation sites excluding steroid dienone is 2. The maximum Gasteiger partial charge on any atom is 0.300 e. The average molecular weight is 188 g/mol. The van der Waals surface area contributed by atoms with Crippen LogP contribution in [0.2, 0.25) is 0 Å². The van der Waals surface area contributed by atoms with Crippen LogP contribution in [-0.2, 0) is 9.59 Å². The van der Waals surface area contributed by atoms with Crippen LogP contribution in [0.25, 0.3) is 0 Å². The van der Waals surface area contributed by atoms with Gasteiger partial charge in [-0.1, -0.05) is 32.8 Å². The van der Waals surface area contributed by atoms with Crippen molar-refractivity contribution in [1.82, 2.24) is 0 Å². The van der Waals surface area contributed by atoms with Gasteiger partial charge in [-0.25, -0.2) is 0 Å². The second kappa shape index (κ2) is 22.4. The standard InChI is InChI=1S/C4H6O.C4H10.C2H4O2/c1-2-3-4-5;1-3-4-2;1-2(3)4/h2-4H,1H3;3-4H2,1-2H3;1H3,(H,3,4)/b3-2+;;. The van der Waals surface area contributed by atoms with Crippen molar-refractivity contribution in [3.05, 3.63) is 12.2 Å². The second-order valence-electron chi connectivity index (χ2n) is 2.18. The van der Waals surface area contributed by atoms with Gasteiger partial charge >= 0.3 is 0 Å². The van der Waals surface area contributed by atoms with Crippen LogP contribution in [0.5, 0.6) is 0 Å². The fraction of sp³-hybridized carbons (Fsp3) is 0.600. The van der Waals surface area contributed by atoms with Crippen LogP contribution in [0.1, 0.15) is 40.5 Å². The van der Waals surface area contributed by atoms with Crippen molar-refractivity contribution in [3.63, 3.8) is 0 Å². The molecule has 0 aliphatic heterocycles.